The SMILES string of the molecule is CNC1CC(Oc2ccc(C#N)c(Cl)c2)C1(C)C. The molecular weight excluding hydrogens is 248 g/mol. The maximum absolute atomic E-state index is 8.81. The van der Waals surface area contributed by atoms with E-state index >= 15 is 0 Å². The third-order valence-corrected chi connectivity index (χ3v) is 4.18. The van der Waals surface area contributed by atoms with Crippen LogP contribution < -0.4 is 10.1 Å². The fourth-order valence-electron chi connectivity index (χ4n) is 2.40. The Kier molecular flexibility index (Phi) is 3.52. The van der Waals surface area contributed by atoms with Crippen LogP contribution in [0.5, 0.6) is 5.75 Å². The highest BCUT2D eigenvalue weighted by atomic mass is 35.5. The lowest BCUT2D eigenvalue weighted by Crippen LogP contribution is -2.61. The molecule has 0 saturated heterocycles. The Balaban J connectivity index is 2.08. The van der Waals surface area contributed by atoms with Crippen molar-refractivity contribution >= 4 is 11.6 Å². The molecule has 4 heteroatoms. The molecule has 0 spiro atoms. The lowest BCUT2D eigenvalue weighted by molar-refractivity contribution is -0.0520. The highest BCUT2D eigenvalue weighted by Crippen LogP contribution is 2.43. The van der Waals surface area contributed by atoms with Crippen LogP contribution in [0.15, 0.2) is 18.2 Å². The summed E-state index contributed by atoms with van der Waals surface area (Å²) >= 11 is 5.99. The molecule has 0 heterocycles. The number of hydrogen-bond acceptors (Lipinski definition) is 3. The van der Waals surface area contributed by atoms with E-state index < -0.39 is 0 Å². The molecule has 0 aromatic heterocycles. The van der Waals surface area contributed by atoms with Gasteiger partial charge in [-0.2, -0.15) is 5.26 Å². The van der Waals surface area contributed by atoms with Crippen molar-refractivity contribution in [2.75, 3.05) is 7.05 Å². The Bertz CT molecular complexity index is 493. The Hall–Kier alpha value is -1.24. The maximum atomic E-state index is 8.81. The second-order valence-electron chi connectivity index (χ2n) is 5.26. The van der Waals surface area contributed by atoms with Crippen LogP contribution in [0.1, 0.15) is 25.8 Å². The third kappa shape index (κ3) is 2.19. The molecule has 1 N–H and O–H groups in total. The van der Waals surface area contributed by atoms with Crippen LogP contribution in [0, 0.1) is 16.7 Å². The smallest absolute Gasteiger partial charge is 0.121 e. The van der Waals surface area contributed by atoms with E-state index in [0.29, 0.717) is 16.6 Å². The number of nitrogens with one attached hydrogen (secondary N) is 1. The first-order valence-electron chi connectivity index (χ1n) is 6.02. The van der Waals surface area contributed by atoms with Gasteiger partial charge in [0.1, 0.15) is 17.9 Å². The van der Waals surface area contributed by atoms with Gasteiger partial charge in [0.15, 0.2) is 0 Å². The minimum absolute atomic E-state index is 0.106. The quantitative estimate of drug-likeness (QED) is 0.913. The summed E-state index contributed by atoms with van der Waals surface area (Å²) in [6.07, 6.45) is 1.17. The molecule has 1 aliphatic carbocycles. The molecule has 0 amide bonds. The van der Waals surface area contributed by atoms with Gasteiger partial charge in [0.05, 0.1) is 10.6 Å². The molecule has 1 aromatic rings. The van der Waals surface area contributed by atoms with Crippen LogP contribution in [0.25, 0.3) is 0 Å². The van der Waals surface area contributed by atoms with Gasteiger partial charge in [-0.05, 0) is 19.2 Å². The lowest BCUT2D eigenvalue weighted by atomic mass is 9.64. The molecular formula is C14H17ClN2O. The van der Waals surface area contributed by atoms with Gasteiger partial charge in [0, 0.05) is 23.9 Å². The molecule has 18 heavy (non-hydrogen) atoms. The molecule has 0 radical (unpaired) electrons. The summed E-state index contributed by atoms with van der Waals surface area (Å²) in [5.41, 5.74) is 0.583. The van der Waals surface area contributed by atoms with E-state index in [2.05, 4.69) is 19.2 Å². The van der Waals surface area contributed by atoms with Crippen LogP contribution in [-0.4, -0.2) is 19.2 Å². The van der Waals surface area contributed by atoms with E-state index in [-0.39, 0.29) is 11.5 Å². The van der Waals surface area contributed by atoms with Crippen LogP contribution >= 0.6 is 11.6 Å². The topological polar surface area (TPSA) is 45.0 Å². The number of benzene rings is 1. The van der Waals surface area contributed by atoms with Crippen molar-refractivity contribution in [2.24, 2.45) is 5.41 Å². The number of rotatable bonds is 3. The summed E-state index contributed by atoms with van der Waals surface area (Å²) < 4.78 is 5.94. The Morgan fingerprint density at radius 2 is 2.22 bits per heavy atom. The van der Waals surface area contributed by atoms with Gasteiger partial charge in [-0.25, -0.2) is 0 Å². The largest absolute Gasteiger partial charge is 0.490 e. The number of nitrogens with zero attached hydrogens (tertiary/aromatic N) is 1. The van der Waals surface area contributed by atoms with Crippen molar-refractivity contribution in [2.45, 2.75) is 32.4 Å². The number of nitriles is 1. The summed E-state index contributed by atoms with van der Waals surface area (Å²) in [5.74, 6) is 0.728. The van der Waals surface area contributed by atoms with Crippen molar-refractivity contribution in [3.8, 4) is 11.8 Å². The third-order valence-electron chi connectivity index (χ3n) is 3.87. The molecule has 1 saturated carbocycles. The summed E-state index contributed by atoms with van der Waals surface area (Å²) in [4.78, 5) is 0. The summed E-state index contributed by atoms with van der Waals surface area (Å²) in [6.45, 7) is 4.38. The minimum Gasteiger partial charge on any atom is -0.490 e. The van der Waals surface area contributed by atoms with Crippen LogP contribution in [0.4, 0.5) is 0 Å². The van der Waals surface area contributed by atoms with Crippen molar-refractivity contribution in [1.82, 2.24) is 5.32 Å². The van der Waals surface area contributed by atoms with Gasteiger partial charge in [-0.15, -0.1) is 0 Å². The van der Waals surface area contributed by atoms with Gasteiger partial charge in [-0.1, -0.05) is 25.4 Å². The van der Waals surface area contributed by atoms with Crippen LogP contribution in [-0.2, 0) is 0 Å². The first-order valence-corrected chi connectivity index (χ1v) is 6.40. The van der Waals surface area contributed by atoms with Crippen LogP contribution in [0.3, 0.4) is 0 Å². The monoisotopic (exact) mass is 264 g/mol. The molecule has 1 fully saturated rings. The molecule has 2 unspecified atom stereocenters. The molecule has 2 rings (SSSR count). The maximum Gasteiger partial charge on any atom is 0.121 e. The first-order chi connectivity index (χ1) is 8.48. The van der Waals surface area contributed by atoms with E-state index in [0.717, 1.165) is 12.2 Å². The van der Waals surface area contributed by atoms with Gasteiger partial charge in [0.25, 0.3) is 0 Å². The van der Waals surface area contributed by atoms with E-state index in [1.807, 2.05) is 13.1 Å². The van der Waals surface area contributed by atoms with Gasteiger partial charge < -0.3 is 10.1 Å². The standard InChI is InChI=1S/C14H17ClN2O/c1-14(2)12(17-3)7-13(14)18-10-5-4-9(8-16)11(15)6-10/h4-6,12-13,17H,7H2,1-3H3. The average Bonchev–Trinajstić information content (AvgIpc) is 2.34. The molecule has 3 nitrogen and oxygen atoms in total. The van der Waals surface area contributed by atoms with E-state index in [1.165, 1.54) is 0 Å². The van der Waals surface area contributed by atoms with Gasteiger partial charge >= 0.3 is 0 Å². The zero-order valence-corrected chi connectivity index (χ0v) is 11.6. The van der Waals surface area contributed by atoms with Crippen molar-refractivity contribution < 1.29 is 4.74 Å². The van der Waals surface area contributed by atoms with Crippen LogP contribution in [0.2, 0.25) is 5.02 Å². The molecule has 1 aliphatic rings. The second kappa shape index (κ2) is 4.79. The van der Waals surface area contributed by atoms with E-state index in [4.69, 9.17) is 21.6 Å². The first kappa shape index (κ1) is 13.2. The minimum atomic E-state index is 0.106. The molecule has 2 atom stereocenters. The van der Waals surface area contributed by atoms with Crippen molar-refractivity contribution in [1.29, 1.82) is 5.26 Å². The van der Waals surface area contributed by atoms with Crippen molar-refractivity contribution in [3.63, 3.8) is 0 Å². The van der Waals surface area contributed by atoms with Crippen molar-refractivity contribution in [3.05, 3.63) is 28.8 Å². The van der Waals surface area contributed by atoms with E-state index in [1.54, 1.807) is 18.2 Å². The normalized spacial score (nSPS) is 25.1. The number of ether oxygens (including phenoxy) is 1. The highest BCUT2D eigenvalue weighted by molar-refractivity contribution is 6.31. The predicted molar refractivity (Wildman–Crippen MR) is 71.8 cm³/mol. The van der Waals surface area contributed by atoms with E-state index in [9.17, 15) is 0 Å². The Labute approximate surface area is 113 Å². The number of hydrogen-bond donors (Lipinski definition) is 1. The summed E-state index contributed by atoms with van der Waals surface area (Å²) in [7, 11) is 1.97. The number of halogens is 1. The molecule has 96 valence electrons. The molecule has 0 bridgehead atoms. The lowest BCUT2D eigenvalue weighted by Gasteiger charge is -2.51. The molecule has 0 aliphatic heterocycles. The Morgan fingerprint density at radius 3 is 2.72 bits per heavy atom. The van der Waals surface area contributed by atoms with Gasteiger partial charge in [-0.3, -0.25) is 0 Å². The molecule has 1 aromatic carbocycles. The predicted octanol–water partition coefficient (Wildman–Crippen LogP) is 2.98. The summed E-state index contributed by atoms with van der Waals surface area (Å²) in [6, 6.07) is 7.72. The van der Waals surface area contributed by atoms with Gasteiger partial charge in [0.2, 0.25) is 0 Å². The Morgan fingerprint density at radius 1 is 1.50 bits per heavy atom. The zero-order chi connectivity index (χ0) is 13.3. The fraction of sp³-hybridized carbons (Fsp3) is 0.500. The highest BCUT2D eigenvalue weighted by Gasteiger charge is 2.49. The zero-order valence-electron chi connectivity index (χ0n) is 10.8. The second-order valence-corrected chi connectivity index (χ2v) is 5.67. The summed E-state index contributed by atoms with van der Waals surface area (Å²) in [5, 5.41) is 12.5. The average molecular weight is 265 g/mol. The fourth-order valence-corrected chi connectivity index (χ4v) is 2.61.